The molecule has 0 aromatic rings. The fourth-order valence-electron chi connectivity index (χ4n) is 3.39. The van der Waals surface area contributed by atoms with E-state index >= 15 is 0 Å². The second-order valence-corrected chi connectivity index (χ2v) is 7.95. The van der Waals surface area contributed by atoms with Crippen LogP contribution in [0.4, 0.5) is 0 Å². The number of rotatable bonds is 14. The van der Waals surface area contributed by atoms with Gasteiger partial charge >= 0.3 is 0 Å². The van der Waals surface area contributed by atoms with E-state index in [-0.39, 0.29) is 11.7 Å². The first-order chi connectivity index (χ1) is 11.7. The van der Waals surface area contributed by atoms with Crippen molar-refractivity contribution in [1.82, 2.24) is 0 Å². The lowest BCUT2D eigenvalue weighted by molar-refractivity contribution is -0.137. The molecule has 0 saturated carbocycles. The highest BCUT2D eigenvalue weighted by molar-refractivity contribution is 5.86. The molecule has 146 valence electrons. The molecule has 0 radical (unpaired) electrons. The Kier molecular flexibility index (Phi) is 11.7. The maximum Gasteiger partial charge on any atom is 0.293 e. The standard InChI is InChI=1S/C21H38O4/c1-7-19(23)21(5,6)20(24)18(4)14-17(3)11-8-10-16(2)12-9-13-25-15-22/h12,15,17-19,23H,7-11,13-14H2,1-6H3/b16-12-. The first-order valence-electron chi connectivity index (χ1n) is 9.60. The molecule has 25 heavy (non-hydrogen) atoms. The van der Waals surface area contributed by atoms with Crippen molar-refractivity contribution in [2.75, 3.05) is 6.61 Å². The van der Waals surface area contributed by atoms with Gasteiger partial charge in [0.2, 0.25) is 0 Å². The van der Waals surface area contributed by atoms with Gasteiger partial charge in [-0.05, 0) is 44.9 Å². The smallest absolute Gasteiger partial charge is 0.293 e. The third-order valence-electron chi connectivity index (χ3n) is 5.12. The van der Waals surface area contributed by atoms with Gasteiger partial charge in [0, 0.05) is 11.3 Å². The maximum absolute atomic E-state index is 12.6. The third kappa shape index (κ3) is 9.20. The number of Topliss-reactive ketones (excluding diaryl/α,β-unsaturated/α-hetero) is 1. The molecule has 3 unspecified atom stereocenters. The van der Waals surface area contributed by atoms with Crippen molar-refractivity contribution in [3.05, 3.63) is 11.6 Å². The molecule has 0 heterocycles. The number of ketones is 1. The van der Waals surface area contributed by atoms with Crippen LogP contribution in [0.25, 0.3) is 0 Å². The molecule has 0 amide bonds. The number of carbonyl (C=O) groups excluding carboxylic acids is 2. The number of aliphatic hydroxyl groups excluding tert-OH is 1. The largest absolute Gasteiger partial charge is 0.468 e. The summed E-state index contributed by atoms with van der Waals surface area (Å²) in [6.45, 7) is 12.8. The highest BCUT2D eigenvalue weighted by Crippen LogP contribution is 2.31. The van der Waals surface area contributed by atoms with Crippen molar-refractivity contribution >= 4 is 12.3 Å². The quantitative estimate of drug-likeness (QED) is 0.279. The Labute approximate surface area is 154 Å². The molecule has 0 bridgehead atoms. The highest BCUT2D eigenvalue weighted by atomic mass is 16.5. The topological polar surface area (TPSA) is 63.6 Å². The minimum absolute atomic E-state index is 0.0247. The average molecular weight is 355 g/mol. The third-order valence-corrected chi connectivity index (χ3v) is 5.12. The molecule has 0 fully saturated rings. The van der Waals surface area contributed by atoms with Crippen LogP contribution >= 0.6 is 0 Å². The molecule has 0 aromatic heterocycles. The van der Waals surface area contributed by atoms with Crippen molar-refractivity contribution in [3.8, 4) is 0 Å². The Balaban J connectivity index is 4.22. The fourth-order valence-corrected chi connectivity index (χ4v) is 3.39. The number of ether oxygens (including phenoxy) is 1. The lowest BCUT2D eigenvalue weighted by atomic mass is 9.74. The van der Waals surface area contributed by atoms with Crippen LogP contribution in [0.15, 0.2) is 11.6 Å². The summed E-state index contributed by atoms with van der Waals surface area (Å²) in [6, 6.07) is 0. The van der Waals surface area contributed by atoms with Gasteiger partial charge in [0.1, 0.15) is 5.78 Å². The average Bonchev–Trinajstić information content (AvgIpc) is 2.56. The minimum atomic E-state index is -0.670. The van der Waals surface area contributed by atoms with Crippen LogP contribution in [0, 0.1) is 17.3 Å². The summed E-state index contributed by atoms with van der Waals surface area (Å²) in [5, 5.41) is 10.1. The normalized spacial score (nSPS) is 16.2. The summed E-state index contributed by atoms with van der Waals surface area (Å²) in [4.78, 5) is 22.7. The summed E-state index contributed by atoms with van der Waals surface area (Å²) in [7, 11) is 0. The van der Waals surface area contributed by atoms with E-state index in [1.54, 1.807) is 0 Å². The van der Waals surface area contributed by atoms with Crippen molar-refractivity contribution < 1.29 is 19.4 Å². The molecule has 4 heteroatoms. The van der Waals surface area contributed by atoms with Crippen molar-refractivity contribution in [2.45, 2.75) is 86.2 Å². The van der Waals surface area contributed by atoms with Crippen molar-refractivity contribution in [3.63, 3.8) is 0 Å². The lowest BCUT2D eigenvalue weighted by Gasteiger charge is -2.31. The first-order valence-corrected chi connectivity index (χ1v) is 9.60. The molecule has 0 spiro atoms. The van der Waals surface area contributed by atoms with Gasteiger partial charge in [0.25, 0.3) is 6.47 Å². The molecule has 0 aliphatic carbocycles. The number of allylic oxidation sites excluding steroid dienone is 1. The van der Waals surface area contributed by atoms with E-state index in [2.05, 4.69) is 24.7 Å². The summed E-state index contributed by atoms with van der Waals surface area (Å²) in [6.07, 6.45) is 7.00. The van der Waals surface area contributed by atoms with Gasteiger partial charge in [-0.25, -0.2) is 0 Å². The molecule has 0 aromatic carbocycles. The van der Waals surface area contributed by atoms with E-state index in [4.69, 9.17) is 0 Å². The Hall–Kier alpha value is -1.16. The predicted molar refractivity (Wildman–Crippen MR) is 102 cm³/mol. The second kappa shape index (κ2) is 12.2. The van der Waals surface area contributed by atoms with E-state index in [0.717, 1.165) is 32.1 Å². The molecule has 0 aliphatic rings. The first kappa shape index (κ1) is 23.8. The number of hydrogen-bond acceptors (Lipinski definition) is 4. The summed E-state index contributed by atoms with van der Waals surface area (Å²) >= 11 is 0. The van der Waals surface area contributed by atoms with Gasteiger partial charge in [-0.15, -0.1) is 0 Å². The summed E-state index contributed by atoms with van der Waals surface area (Å²) in [5.74, 6) is 0.628. The monoisotopic (exact) mass is 354 g/mol. The molecule has 0 aliphatic heterocycles. The van der Waals surface area contributed by atoms with Crippen LogP contribution in [0.2, 0.25) is 0 Å². The van der Waals surface area contributed by atoms with Crippen LogP contribution < -0.4 is 0 Å². The second-order valence-electron chi connectivity index (χ2n) is 7.95. The maximum atomic E-state index is 12.6. The van der Waals surface area contributed by atoms with Crippen LogP contribution in [-0.2, 0) is 14.3 Å². The lowest BCUT2D eigenvalue weighted by Crippen LogP contribution is -2.40. The molecular formula is C21H38O4. The van der Waals surface area contributed by atoms with Gasteiger partial charge < -0.3 is 9.84 Å². The molecule has 3 atom stereocenters. The SMILES string of the molecule is CCC(O)C(C)(C)C(=O)C(C)CC(C)CCC/C(C)=C\CCOC=O. The zero-order valence-corrected chi connectivity index (χ0v) is 17.0. The number of aliphatic hydroxyl groups is 1. The summed E-state index contributed by atoms with van der Waals surface area (Å²) < 4.78 is 4.67. The van der Waals surface area contributed by atoms with Gasteiger partial charge in [-0.1, -0.05) is 52.7 Å². The predicted octanol–water partition coefficient (Wildman–Crippen LogP) is 4.69. The van der Waals surface area contributed by atoms with E-state index in [1.807, 2.05) is 27.7 Å². The van der Waals surface area contributed by atoms with Crippen LogP contribution in [0.3, 0.4) is 0 Å². The van der Waals surface area contributed by atoms with Gasteiger partial charge in [0.15, 0.2) is 0 Å². The van der Waals surface area contributed by atoms with Gasteiger partial charge in [-0.2, -0.15) is 0 Å². The van der Waals surface area contributed by atoms with Crippen molar-refractivity contribution in [1.29, 1.82) is 0 Å². The Morgan fingerprint density at radius 1 is 1.28 bits per heavy atom. The van der Waals surface area contributed by atoms with Crippen LogP contribution in [0.1, 0.15) is 80.1 Å². The molecule has 0 rings (SSSR count). The number of hydrogen-bond donors (Lipinski definition) is 1. The summed E-state index contributed by atoms with van der Waals surface area (Å²) in [5.41, 5.74) is 0.648. The molecular weight excluding hydrogens is 316 g/mol. The van der Waals surface area contributed by atoms with E-state index in [1.165, 1.54) is 5.57 Å². The molecule has 0 saturated heterocycles. The Bertz CT molecular complexity index is 426. The fraction of sp³-hybridized carbons (Fsp3) is 0.810. The van der Waals surface area contributed by atoms with Crippen LogP contribution in [-0.4, -0.2) is 30.1 Å². The zero-order valence-electron chi connectivity index (χ0n) is 17.0. The van der Waals surface area contributed by atoms with Crippen LogP contribution in [0.5, 0.6) is 0 Å². The van der Waals surface area contributed by atoms with Gasteiger partial charge in [-0.3, -0.25) is 9.59 Å². The minimum Gasteiger partial charge on any atom is -0.468 e. The molecule has 4 nitrogen and oxygen atoms in total. The molecule has 1 N–H and O–H groups in total. The Morgan fingerprint density at radius 3 is 2.48 bits per heavy atom. The zero-order chi connectivity index (χ0) is 19.5. The highest BCUT2D eigenvalue weighted by Gasteiger charge is 2.37. The van der Waals surface area contributed by atoms with E-state index in [9.17, 15) is 14.7 Å². The van der Waals surface area contributed by atoms with Gasteiger partial charge in [0.05, 0.1) is 12.7 Å². The van der Waals surface area contributed by atoms with E-state index in [0.29, 0.717) is 25.4 Å². The van der Waals surface area contributed by atoms with Crippen molar-refractivity contribution in [2.24, 2.45) is 17.3 Å². The Morgan fingerprint density at radius 2 is 1.92 bits per heavy atom. The van der Waals surface area contributed by atoms with E-state index < -0.39 is 11.5 Å². The number of carbonyl (C=O) groups is 2.